The number of methoxy groups -OCH3 is 1. The number of likely N-dealkylation sites (tertiary alicyclic amines) is 1. The molecule has 6 rings (SSSR count). The number of anilines is 1. The summed E-state index contributed by atoms with van der Waals surface area (Å²) in [5.74, 6) is 1.10. The van der Waals surface area contributed by atoms with E-state index in [0.29, 0.717) is 11.8 Å². The number of carbonyl (C=O) groups is 1. The minimum atomic E-state index is -1.71. The van der Waals surface area contributed by atoms with E-state index in [-0.39, 0.29) is 29.0 Å². The third kappa shape index (κ3) is 8.95. The Balaban J connectivity index is 1.08. The van der Waals surface area contributed by atoms with Crippen molar-refractivity contribution in [3.63, 3.8) is 0 Å². The van der Waals surface area contributed by atoms with Crippen LogP contribution in [0, 0.1) is 10.8 Å². The van der Waals surface area contributed by atoms with Crippen LogP contribution in [0.3, 0.4) is 0 Å². The molecule has 12 heteroatoms. The Bertz CT molecular complexity index is 1760. The van der Waals surface area contributed by atoms with Crippen LogP contribution >= 0.6 is 0 Å². The molecule has 1 saturated carbocycles. The van der Waals surface area contributed by atoms with Crippen molar-refractivity contribution in [1.29, 1.82) is 0 Å². The molecule has 4 heterocycles. The van der Waals surface area contributed by atoms with Gasteiger partial charge in [-0.05, 0) is 114 Å². The van der Waals surface area contributed by atoms with Gasteiger partial charge in [0, 0.05) is 61.2 Å². The Morgan fingerprint density at radius 3 is 2.47 bits per heavy atom. The minimum absolute atomic E-state index is 0.170. The summed E-state index contributed by atoms with van der Waals surface area (Å²) in [5, 5.41) is 12.1. The second kappa shape index (κ2) is 14.2. The van der Waals surface area contributed by atoms with Crippen LogP contribution in [0.5, 0.6) is 5.88 Å². The Kier molecular flexibility index (Phi) is 10.3. The number of hydrogen-bond acceptors (Lipinski definition) is 9. The number of carbonyl (C=O) groups excluding carboxylic acids is 1. The molecule has 2 fully saturated rings. The minimum Gasteiger partial charge on any atom is -0.479 e. The summed E-state index contributed by atoms with van der Waals surface area (Å²) in [6.07, 6.45) is 6.75. The lowest BCUT2D eigenvalue weighted by Crippen LogP contribution is -2.60. The first-order valence-electron chi connectivity index (χ1n) is 18.7. The molecule has 1 aliphatic carbocycles. The molecular weight excluding hydrogens is 659 g/mol. The summed E-state index contributed by atoms with van der Waals surface area (Å²) in [5.41, 5.74) is 6.30. The second-order valence-electron chi connectivity index (χ2n) is 17.9. The quantitative estimate of drug-likeness (QED) is 0.161. The van der Waals surface area contributed by atoms with Crippen LogP contribution < -0.4 is 15.4 Å². The van der Waals surface area contributed by atoms with Crippen molar-refractivity contribution >= 4 is 37.3 Å². The van der Waals surface area contributed by atoms with Crippen molar-refractivity contribution in [1.82, 2.24) is 24.8 Å². The smallest absolute Gasteiger partial charge is 0.410 e. The highest BCUT2D eigenvalue weighted by Crippen LogP contribution is 2.45. The zero-order valence-electron chi connectivity index (χ0n) is 32.5. The molecule has 278 valence electrons. The van der Waals surface area contributed by atoms with Crippen LogP contribution in [0.1, 0.15) is 79.7 Å². The topological polar surface area (TPSA) is 115 Å². The lowest BCUT2D eigenvalue weighted by atomic mass is 9.67. The number of hydrogen-bond donors (Lipinski definition) is 2. The van der Waals surface area contributed by atoms with Crippen LogP contribution in [-0.2, 0) is 15.6 Å². The van der Waals surface area contributed by atoms with Gasteiger partial charge in [-0.25, -0.2) is 9.31 Å². The van der Waals surface area contributed by atoms with Gasteiger partial charge in [0.2, 0.25) is 11.8 Å². The summed E-state index contributed by atoms with van der Waals surface area (Å²) in [6, 6.07) is 10.2. The number of amides is 1. The largest absolute Gasteiger partial charge is 0.479 e. The number of ether oxygens (including phenoxy) is 2. The monoisotopic (exact) mass is 717 g/mol. The Hall–Kier alpha value is -3.48. The van der Waals surface area contributed by atoms with Crippen LogP contribution in [0.2, 0.25) is 19.1 Å². The molecule has 3 aliphatic rings. The SMILES string of the molecule is COc1nc(NC2CCC3(CC2)CN(C(=O)OC(C)(C)C)C3)nn2ccc(-c3ccc4c(c3)CC(NCCO[Si](C)(C)CC(C)(C)C)C(C)=N4)c12. The molecular formula is C39H59N7O4Si. The summed E-state index contributed by atoms with van der Waals surface area (Å²) >= 11 is 0. The van der Waals surface area contributed by atoms with Crippen LogP contribution in [-0.4, -0.2) is 90.7 Å². The first-order valence-corrected chi connectivity index (χ1v) is 21.8. The standard InChI is InChI=1S/C39H59N7O4Si/c1-26-32(40-18-20-49-51(9,10)25-37(2,3)4)22-28-21-27(11-12-31(28)41-26)30-15-19-46-33(30)34(48-8)43-35(44-46)42-29-13-16-39(17-14-29)23-45(24-39)36(47)50-38(5,6)7/h11-12,15,19,21,29,32,40H,13-14,16-18,20,22-25H2,1-10H3,(H,42,44). The molecule has 1 aromatic carbocycles. The molecule has 1 atom stereocenters. The number of aromatic nitrogens is 3. The predicted molar refractivity (Wildman–Crippen MR) is 207 cm³/mol. The lowest BCUT2D eigenvalue weighted by molar-refractivity contribution is -0.0496. The van der Waals surface area contributed by atoms with E-state index in [0.717, 1.165) is 92.4 Å². The maximum atomic E-state index is 12.5. The van der Waals surface area contributed by atoms with Gasteiger partial charge in [0.05, 0.1) is 12.8 Å². The highest BCUT2D eigenvalue weighted by molar-refractivity contribution is 6.71. The summed E-state index contributed by atoms with van der Waals surface area (Å²) in [7, 11) is -0.0468. The molecule has 3 aromatic rings. The highest BCUT2D eigenvalue weighted by Gasteiger charge is 2.48. The zero-order valence-corrected chi connectivity index (χ0v) is 33.5. The van der Waals surface area contributed by atoms with Crippen molar-refractivity contribution in [2.45, 2.75) is 117 Å². The van der Waals surface area contributed by atoms with Gasteiger partial charge in [-0.1, -0.05) is 26.8 Å². The zero-order chi connectivity index (χ0) is 36.8. The molecule has 11 nitrogen and oxygen atoms in total. The van der Waals surface area contributed by atoms with Gasteiger partial charge in [-0.15, -0.1) is 5.10 Å². The fourth-order valence-electron chi connectivity index (χ4n) is 8.29. The van der Waals surface area contributed by atoms with Crippen molar-refractivity contribution in [2.24, 2.45) is 15.8 Å². The Labute approximate surface area is 305 Å². The van der Waals surface area contributed by atoms with Crippen molar-refractivity contribution in [3.05, 3.63) is 36.0 Å². The van der Waals surface area contributed by atoms with Gasteiger partial charge in [-0.3, -0.25) is 4.99 Å². The van der Waals surface area contributed by atoms with Crippen molar-refractivity contribution < 1.29 is 18.7 Å². The Morgan fingerprint density at radius 1 is 1.08 bits per heavy atom. The number of fused-ring (bicyclic) bond motifs is 2. The van der Waals surface area contributed by atoms with Crippen molar-refractivity contribution in [2.75, 3.05) is 38.7 Å². The molecule has 1 amide bonds. The third-order valence-corrected chi connectivity index (χ3v) is 13.2. The van der Waals surface area contributed by atoms with Crippen LogP contribution in [0.4, 0.5) is 16.4 Å². The summed E-state index contributed by atoms with van der Waals surface area (Å²) in [6.45, 7) is 22.4. The average Bonchev–Trinajstić information content (AvgIpc) is 3.44. The normalized spacial score (nSPS) is 19.5. The molecule has 0 radical (unpaired) electrons. The van der Waals surface area contributed by atoms with E-state index in [9.17, 15) is 4.79 Å². The molecule has 2 N–H and O–H groups in total. The molecule has 1 unspecified atom stereocenters. The summed E-state index contributed by atoms with van der Waals surface area (Å²) < 4.78 is 19.7. The predicted octanol–water partition coefficient (Wildman–Crippen LogP) is 7.87. The van der Waals surface area contributed by atoms with Gasteiger partial charge in [0.15, 0.2) is 8.32 Å². The van der Waals surface area contributed by atoms with E-state index in [1.165, 1.54) is 5.56 Å². The van der Waals surface area contributed by atoms with Gasteiger partial charge in [0.25, 0.3) is 0 Å². The third-order valence-electron chi connectivity index (χ3n) is 10.3. The molecule has 0 bridgehead atoms. The van der Waals surface area contributed by atoms with Gasteiger partial charge < -0.3 is 29.4 Å². The van der Waals surface area contributed by atoms with E-state index in [4.69, 9.17) is 29.0 Å². The molecule has 1 saturated heterocycles. The first-order chi connectivity index (χ1) is 23.9. The van der Waals surface area contributed by atoms with E-state index < -0.39 is 13.9 Å². The Morgan fingerprint density at radius 2 is 1.80 bits per heavy atom. The average molecular weight is 718 g/mol. The van der Waals surface area contributed by atoms with Gasteiger partial charge >= 0.3 is 6.09 Å². The summed E-state index contributed by atoms with van der Waals surface area (Å²) in [4.78, 5) is 24.1. The molecule has 2 aliphatic heterocycles. The second-order valence-corrected chi connectivity index (χ2v) is 22.0. The lowest BCUT2D eigenvalue weighted by Gasteiger charge is -2.53. The van der Waals surface area contributed by atoms with E-state index >= 15 is 0 Å². The van der Waals surface area contributed by atoms with E-state index in [1.807, 2.05) is 36.4 Å². The number of nitrogens with zero attached hydrogens (tertiary/aromatic N) is 5. The molecule has 1 spiro atoms. The molecule has 2 aromatic heterocycles. The highest BCUT2D eigenvalue weighted by atomic mass is 28.4. The number of benzene rings is 1. The molecule has 51 heavy (non-hydrogen) atoms. The fraction of sp³-hybridized carbons (Fsp3) is 0.641. The first kappa shape index (κ1) is 37.3. The number of rotatable bonds is 10. The number of aliphatic imine (C=N–C) groups is 1. The van der Waals surface area contributed by atoms with Crippen molar-refractivity contribution in [3.8, 4) is 17.0 Å². The maximum absolute atomic E-state index is 12.5. The van der Waals surface area contributed by atoms with Crippen LogP contribution in [0.25, 0.3) is 16.6 Å². The number of nitrogens with one attached hydrogen (secondary N) is 2. The fourth-order valence-corrected chi connectivity index (χ4v) is 11.6. The van der Waals surface area contributed by atoms with Gasteiger partial charge in [-0.2, -0.15) is 4.98 Å². The van der Waals surface area contributed by atoms with Gasteiger partial charge in [0.1, 0.15) is 11.1 Å². The van der Waals surface area contributed by atoms with Crippen LogP contribution in [0.15, 0.2) is 35.5 Å². The maximum Gasteiger partial charge on any atom is 0.410 e. The van der Waals surface area contributed by atoms with E-state index in [2.05, 4.69) is 75.7 Å². The van der Waals surface area contributed by atoms with E-state index in [1.54, 1.807) is 7.11 Å².